The summed E-state index contributed by atoms with van der Waals surface area (Å²) in [7, 11) is 3.61. The van der Waals surface area contributed by atoms with Crippen molar-refractivity contribution in [3.05, 3.63) is 47.8 Å². The van der Waals surface area contributed by atoms with Crippen molar-refractivity contribution in [2.24, 2.45) is 13.0 Å². The fourth-order valence-corrected chi connectivity index (χ4v) is 3.30. The first-order valence-corrected chi connectivity index (χ1v) is 8.71. The highest BCUT2D eigenvalue weighted by molar-refractivity contribution is 5.89. The van der Waals surface area contributed by atoms with Crippen LogP contribution in [-0.4, -0.2) is 40.9 Å². The zero-order chi connectivity index (χ0) is 17.8. The molecule has 0 radical (unpaired) electrons. The van der Waals surface area contributed by atoms with E-state index in [1.165, 1.54) is 5.56 Å². The number of ether oxygens (including phenoxy) is 1. The molecule has 0 unspecified atom stereocenters. The molecular weight excluding hydrogens is 316 g/mol. The first-order valence-electron chi connectivity index (χ1n) is 8.71. The molecule has 3 rings (SSSR count). The molecule has 1 N–H and O–H groups in total. The third kappa shape index (κ3) is 4.39. The summed E-state index contributed by atoms with van der Waals surface area (Å²) in [6, 6.07) is 7.79. The van der Waals surface area contributed by atoms with Gasteiger partial charge in [0.15, 0.2) is 0 Å². The Hall–Kier alpha value is -2.34. The summed E-state index contributed by atoms with van der Waals surface area (Å²) in [5, 5.41) is 7.22. The first-order chi connectivity index (χ1) is 12.0. The number of benzene rings is 1. The predicted octanol–water partition coefficient (Wildman–Crippen LogP) is 3.22. The van der Waals surface area contributed by atoms with E-state index >= 15 is 0 Å². The van der Waals surface area contributed by atoms with Crippen LogP contribution in [0.2, 0.25) is 0 Å². The van der Waals surface area contributed by atoms with Crippen LogP contribution in [-0.2, 0) is 18.2 Å². The van der Waals surface area contributed by atoms with Crippen molar-refractivity contribution in [1.29, 1.82) is 0 Å². The van der Waals surface area contributed by atoms with E-state index in [0.29, 0.717) is 5.92 Å². The average Bonchev–Trinajstić information content (AvgIpc) is 3.24. The van der Waals surface area contributed by atoms with Gasteiger partial charge in [0, 0.05) is 39.1 Å². The first kappa shape index (κ1) is 17.5. The molecule has 6 nitrogen and oxygen atoms in total. The lowest BCUT2D eigenvalue weighted by Gasteiger charge is -2.18. The standard InChI is InChI=1S/C19H26N4O2/c1-14(25-3)17-5-4-6-18(10-17)21-19(24)23-8-7-15(13-23)9-16-11-20-22(2)12-16/h4-6,10-12,14-15H,7-9,13H2,1-3H3,(H,21,24)/t14-,15+/m0/s1. The largest absolute Gasteiger partial charge is 0.377 e. The van der Waals surface area contributed by atoms with Crippen LogP contribution >= 0.6 is 0 Å². The highest BCUT2D eigenvalue weighted by atomic mass is 16.5. The number of nitrogens with zero attached hydrogens (tertiary/aromatic N) is 3. The zero-order valence-electron chi connectivity index (χ0n) is 15.1. The van der Waals surface area contributed by atoms with Crippen LogP contribution in [0.5, 0.6) is 0 Å². The number of aromatic nitrogens is 2. The van der Waals surface area contributed by atoms with E-state index in [0.717, 1.165) is 37.2 Å². The Morgan fingerprint density at radius 2 is 2.32 bits per heavy atom. The van der Waals surface area contributed by atoms with Gasteiger partial charge in [0.1, 0.15) is 0 Å². The Morgan fingerprint density at radius 1 is 1.48 bits per heavy atom. The van der Waals surface area contributed by atoms with Gasteiger partial charge in [-0.05, 0) is 48.9 Å². The fraction of sp³-hybridized carbons (Fsp3) is 0.474. The van der Waals surface area contributed by atoms with Crippen molar-refractivity contribution in [3.63, 3.8) is 0 Å². The third-order valence-corrected chi connectivity index (χ3v) is 4.82. The number of carbonyl (C=O) groups is 1. The second kappa shape index (κ2) is 7.70. The number of rotatable bonds is 5. The molecule has 1 fully saturated rings. The van der Waals surface area contributed by atoms with Gasteiger partial charge in [-0.1, -0.05) is 12.1 Å². The summed E-state index contributed by atoms with van der Waals surface area (Å²) in [5.74, 6) is 0.495. The summed E-state index contributed by atoms with van der Waals surface area (Å²) < 4.78 is 7.16. The van der Waals surface area contributed by atoms with Crippen LogP contribution in [0.1, 0.15) is 30.6 Å². The van der Waals surface area contributed by atoms with Crippen LogP contribution in [0, 0.1) is 5.92 Å². The number of aryl methyl sites for hydroxylation is 1. The van der Waals surface area contributed by atoms with E-state index in [2.05, 4.69) is 10.4 Å². The normalized spacial score (nSPS) is 18.4. The predicted molar refractivity (Wildman–Crippen MR) is 97.5 cm³/mol. The molecule has 1 aromatic heterocycles. The van der Waals surface area contributed by atoms with E-state index in [-0.39, 0.29) is 12.1 Å². The van der Waals surface area contributed by atoms with Gasteiger partial charge in [-0.25, -0.2) is 4.79 Å². The van der Waals surface area contributed by atoms with E-state index in [1.807, 2.05) is 60.2 Å². The molecule has 1 saturated heterocycles. The molecule has 2 heterocycles. The van der Waals surface area contributed by atoms with Crippen molar-refractivity contribution in [2.75, 3.05) is 25.5 Å². The van der Waals surface area contributed by atoms with Crippen molar-refractivity contribution in [1.82, 2.24) is 14.7 Å². The molecule has 0 bridgehead atoms. The van der Waals surface area contributed by atoms with Crippen molar-refractivity contribution < 1.29 is 9.53 Å². The number of nitrogens with one attached hydrogen (secondary N) is 1. The quantitative estimate of drug-likeness (QED) is 0.907. The Labute approximate surface area is 148 Å². The fourth-order valence-electron chi connectivity index (χ4n) is 3.30. The lowest BCUT2D eigenvalue weighted by molar-refractivity contribution is 0.119. The van der Waals surface area contributed by atoms with Gasteiger partial charge in [0.2, 0.25) is 0 Å². The summed E-state index contributed by atoms with van der Waals surface area (Å²) >= 11 is 0. The SMILES string of the molecule is CO[C@@H](C)c1cccc(NC(=O)N2CC[C@H](Cc3cnn(C)c3)C2)c1. The number of hydrogen-bond donors (Lipinski definition) is 1. The van der Waals surface area contributed by atoms with Crippen LogP contribution in [0.25, 0.3) is 0 Å². The molecule has 2 amide bonds. The van der Waals surface area contributed by atoms with Gasteiger partial charge in [-0.15, -0.1) is 0 Å². The minimum Gasteiger partial charge on any atom is -0.377 e. The number of hydrogen-bond acceptors (Lipinski definition) is 3. The van der Waals surface area contributed by atoms with Crippen LogP contribution < -0.4 is 5.32 Å². The molecule has 1 aliphatic heterocycles. The Morgan fingerprint density at radius 3 is 3.04 bits per heavy atom. The molecule has 2 aromatic rings. The minimum atomic E-state index is -0.0316. The van der Waals surface area contributed by atoms with Gasteiger partial charge in [-0.2, -0.15) is 5.10 Å². The number of urea groups is 1. The second-order valence-corrected chi connectivity index (χ2v) is 6.76. The average molecular weight is 342 g/mol. The molecule has 2 atom stereocenters. The molecule has 0 saturated carbocycles. The highest BCUT2D eigenvalue weighted by Gasteiger charge is 2.26. The molecule has 0 spiro atoms. The van der Waals surface area contributed by atoms with E-state index in [9.17, 15) is 4.79 Å². The third-order valence-electron chi connectivity index (χ3n) is 4.82. The lowest BCUT2D eigenvalue weighted by Crippen LogP contribution is -2.33. The Bertz CT molecular complexity index is 728. The van der Waals surface area contributed by atoms with Gasteiger partial charge in [0.25, 0.3) is 0 Å². The number of amides is 2. The number of methoxy groups -OCH3 is 1. The summed E-state index contributed by atoms with van der Waals surface area (Å²) in [5.41, 5.74) is 3.09. The topological polar surface area (TPSA) is 59.4 Å². The minimum absolute atomic E-state index is 0.00695. The molecular formula is C19H26N4O2. The summed E-state index contributed by atoms with van der Waals surface area (Å²) in [6.45, 7) is 3.57. The monoisotopic (exact) mass is 342 g/mol. The van der Waals surface area contributed by atoms with Crippen molar-refractivity contribution >= 4 is 11.7 Å². The smallest absolute Gasteiger partial charge is 0.321 e. The Kier molecular flexibility index (Phi) is 5.38. The summed E-state index contributed by atoms with van der Waals surface area (Å²) in [4.78, 5) is 14.4. The maximum atomic E-state index is 12.5. The van der Waals surface area contributed by atoms with E-state index in [1.54, 1.807) is 7.11 Å². The van der Waals surface area contributed by atoms with Gasteiger partial charge >= 0.3 is 6.03 Å². The summed E-state index contributed by atoms with van der Waals surface area (Å²) in [6.07, 6.45) is 5.96. The second-order valence-electron chi connectivity index (χ2n) is 6.76. The highest BCUT2D eigenvalue weighted by Crippen LogP contribution is 2.23. The molecule has 25 heavy (non-hydrogen) atoms. The van der Waals surface area contributed by atoms with Gasteiger partial charge < -0.3 is 15.0 Å². The molecule has 134 valence electrons. The van der Waals surface area contributed by atoms with E-state index in [4.69, 9.17) is 4.74 Å². The molecule has 1 aliphatic rings. The molecule has 1 aromatic carbocycles. The molecule has 0 aliphatic carbocycles. The van der Waals surface area contributed by atoms with Crippen LogP contribution in [0.15, 0.2) is 36.7 Å². The number of anilines is 1. The maximum absolute atomic E-state index is 12.5. The van der Waals surface area contributed by atoms with E-state index < -0.39 is 0 Å². The van der Waals surface area contributed by atoms with Crippen LogP contribution in [0.4, 0.5) is 10.5 Å². The Balaban J connectivity index is 1.55. The van der Waals surface area contributed by atoms with Gasteiger partial charge in [0.05, 0.1) is 12.3 Å². The molecule has 6 heteroatoms. The van der Waals surface area contributed by atoms with Gasteiger partial charge in [-0.3, -0.25) is 4.68 Å². The van der Waals surface area contributed by atoms with Crippen molar-refractivity contribution in [3.8, 4) is 0 Å². The van der Waals surface area contributed by atoms with Crippen LogP contribution in [0.3, 0.4) is 0 Å². The zero-order valence-corrected chi connectivity index (χ0v) is 15.1. The lowest BCUT2D eigenvalue weighted by atomic mass is 10.0. The maximum Gasteiger partial charge on any atom is 0.321 e. The van der Waals surface area contributed by atoms with Crippen molar-refractivity contribution in [2.45, 2.75) is 25.9 Å². The number of likely N-dealkylation sites (tertiary alicyclic amines) is 1. The number of carbonyl (C=O) groups excluding carboxylic acids is 1.